The van der Waals surface area contributed by atoms with Gasteiger partial charge in [0.1, 0.15) is 5.75 Å². The lowest BCUT2D eigenvalue weighted by molar-refractivity contribution is 0.102. The van der Waals surface area contributed by atoms with Crippen LogP contribution in [0.3, 0.4) is 0 Å². The van der Waals surface area contributed by atoms with Crippen LogP contribution in [0, 0.1) is 6.92 Å². The molecule has 0 aliphatic heterocycles. The van der Waals surface area contributed by atoms with Crippen molar-refractivity contribution in [3.8, 4) is 5.75 Å². The van der Waals surface area contributed by atoms with Gasteiger partial charge < -0.3 is 10.4 Å². The van der Waals surface area contributed by atoms with Crippen molar-refractivity contribution in [1.82, 2.24) is 0 Å². The van der Waals surface area contributed by atoms with Gasteiger partial charge in [0, 0.05) is 14.5 Å². The molecular weight excluding hydrogens is 409 g/mol. The van der Waals surface area contributed by atoms with Crippen molar-refractivity contribution in [1.29, 1.82) is 0 Å². The van der Waals surface area contributed by atoms with Crippen LogP contribution in [0.25, 0.3) is 0 Å². The second kappa shape index (κ2) is 6.16. The van der Waals surface area contributed by atoms with Crippen molar-refractivity contribution in [2.24, 2.45) is 0 Å². The van der Waals surface area contributed by atoms with Crippen molar-refractivity contribution < 1.29 is 9.90 Å². The van der Waals surface area contributed by atoms with Gasteiger partial charge in [-0.1, -0.05) is 11.6 Å². The maximum atomic E-state index is 12.2. The number of benzene rings is 2. The minimum Gasteiger partial charge on any atom is -0.506 e. The number of aryl methyl sites for hydroxylation is 1. The second-order valence-corrected chi connectivity index (χ2v) is 6.34. The number of hydrogen-bond donors (Lipinski definition) is 2. The molecule has 0 unspecified atom stereocenters. The molecule has 2 rings (SSSR count). The van der Waals surface area contributed by atoms with E-state index in [0.29, 0.717) is 11.3 Å². The Morgan fingerprint density at radius 1 is 1.20 bits per heavy atom. The molecule has 0 heterocycles. The Kier molecular flexibility index (Phi) is 4.73. The molecule has 0 aliphatic rings. The first-order valence-electron chi connectivity index (χ1n) is 5.64. The Hall–Kier alpha value is -1.04. The Morgan fingerprint density at radius 2 is 1.80 bits per heavy atom. The summed E-state index contributed by atoms with van der Waals surface area (Å²) in [5.41, 5.74) is 2.08. The van der Waals surface area contributed by atoms with Crippen LogP contribution in [-0.2, 0) is 0 Å². The van der Waals surface area contributed by atoms with E-state index >= 15 is 0 Å². The number of rotatable bonds is 2. The van der Waals surface area contributed by atoms with E-state index in [-0.39, 0.29) is 16.7 Å². The minimum absolute atomic E-state index is 0.0547. The standard InChI is InChI=1S/C14H10Br2ClNO2/c1-7-4-9(15)13(10(16)5-7)18-14(20)8-2-3-12(19)11(17)6-8/h2-6,19H,1H3,(H,18,20). The molecule has 20 heavy (non-hydrogen) atoms. The SMILES string of the molecule is Cc1cc(Br)c(NC(=O)c2ccc(O)c(Cl)c2)c(Br)c1. The van der Waals surface area contributed by atoms with Crippen molar-refractivity contribution >= 4 is 55.1 Å². The first-order valence-corrected chi connectivity index (χ1v) is 7.60. The molecular formula is C14H10Br2ClNO2. The van der Waals surface area contributed by atoms with Gasteiger partial charge in [0.15, 0.2) is 0 Å². The molecule has 0 fully saturated rings. The Balaban J connectivity index is 2.30. The summed E-state index contributed by atoms with van der Waals surface area (Å²) >= 11 is 12.6. The Morgan fingerprint density at radius 3 is 2.35 bits per heavy atom. The van der Waals surface area contributed by atoms with Gasteiger partial charge in [-0.05, 0) is 74.7 Å². The highest BCUT2D eigenvalue weighted by molar-refractivity contribution is 9.11. The molecule has 3 nitrogen and oxygen atoms in total. The Bertz CT molecular complexity index is 666. The molecule has 0 aromatic heterocycles. The van der Waals surface area contributed by atoms with Gasteiger partial charge in [0.2, 0.25) is 0 Å². The summed E-state index contributed by atoms with van der Waals surface area (Å²) < 4.78 is 1.56. The van der Waals surface area contributed by atoms with Crippen LogP contribution in [0.15, 0.2) is 39.3 Å². The molecule has 1 amide bonds. The number of carbonyl (C=O) groups excluding carboxylic acids is 1. The van der Waals surface area contributed by atoms with Gasteiger partial charge in [-0.2, -0.15) is 0 Å². The average Bonchev–Trinajstić information content (AvgIpc) is 2.36. The lowest BCUT2D eigenvalue weighted by Gasteiger charge is -2.11. The van der Waals surface area contributed by atoms with Gasteiger partial charge in [0.25, 0.3) is 5.91 Å². The smallest absolute Gasteiger partial charge is 0.255 e. The quantitative estimate of drug-likeness (QED) is 0.709. The van der Waals surface area contributed by atoms with E-state index in [2.05, 4.69) is 37.2 Å². The van der Waals surface area contributed by atoms with Gasteiger partial charge in [-0.3, -0.25) is 4.79 Å². The highest BCUT2D eigenvalue weighted by Crippen LogP contribution is 2.33. The first-order chi connectivity index (χ1) is 9.38. The maximum absolute atomic E-state index is 12.2. The molecule has 2 N–H and O–H groups in total. The predicted molar refractivity (Wildman–Crippen MR) is 87.6 cm³/mol. The molecule has 0 bridgehead atoms. The zero-order valence-electron chi connectivity index (χ0n) is 10.4. The van der Waals surface area contributed by atoms with E-state index in [1.807, 2.05) is 19.1 Å². The van der Waals surface area contributed by atoms with E-state index < -0.39 is 0 Å². The molecule has 0 saturated heterocycles. The van der Waals surface area contributed by atoms with Crippen LogP contribution in [0.1, 0.15) is 15.9 Å². The predicted octanol–water partition coefficient (Wildman–Crippen LogP) is 5.13. The number of aromatic hydroxyl groups is 1. The molecule has 0 spiro atoms. The minimum atomic E-state index is -0.308. The maximum Gasteiger partial charge on any atom is 0.255 e. The van der Waals surface area contributed by atoms with Crippen LogP contribution in [0.4, 0.5) is 5.69 Å². The van der Waals surface area contributed by atoms with E-state index in [0.717, 1.165) is 14.5 Å². The summed E-state index contributed by atoms with van der Waals surface area (Å²) in [6, 6.07) is 8.12. The fraction of sp³-hybridized carbons (Fsp3) is 0.0714. The van der Waals surface area contributed by atoms with Gasteiger partial charge in [-0.25, -0.2) is 0 Å². The third kappa shape index (κ3) is 3.34. The zero-order valence-corrected chi connectivity index (χ0v) is 14.3. The van der Waals surface area contributed by atoms with Crippen molar-refractivity contribution in [2.45, 2.75) is 6.92 Å². The fourth-order valence-corrected chi connectivity index (χ4v) is 3.45. The largest absolute Gasteiger partial charge is 0.506 e. The second-order valence-electron chi connectivity index (χ2n) is 4.22. The molecule has 6 heteroatoms. The molecule has 0 aliphatic carbocycles. The van der Waals surface area contributed by atoms with Crippen molar-refractivity contribution in [3.63, 3.8) is 0 Å². The van der Waals surface area contributed by atoms with Crippen molar-refractivity contribution in [2.75, 3.05) is 5.32 Å². The monoisotopic (exact) mass is 417 g/mol. The number of anilines is 1. The normalized spacial score (nSPS) is 10.4. The first kappa shape index (κ1) is 15.4. The van der Waals surface area contributed by atoms with Crippen LogP contribution >= 0.6 is 43.5 Å². The third-order valence-electron chi connectivity index (χ3n) is 2.63. The summed E-state index contributed by atoms with van der Waals surface area (Å²) in [7, 11) is 0. The average molecular weight is 420 g/mol. The van der Waals surface area contributed by atoms with Gasteiger partial charge in [-0.15, -0.1) is 0 Å². The number of phenolic OH excluding ortho intramolecular Hbond substituents is 1. The van der Waals surface area contributed by atoms with Gasteiger partial charge >= 0.3 is 0 Å². The Labute approximate surface area is 138 Å². The molecule has 0 radical (unpaired) electrons. The third-order valence-corrected chi connectivity index (χ3v) is 4.19. The highest BCUT2D eigenvalue weighted by atomic mass is 79.9. The molecule has 0 saturated carbocycles. The number of halogens is 3. The summed E-state index contributed by atoms with van der Waals surface area (Å²) in [6.45, 7) is 1.96. The molecule has 2 aromatic rings. The summed E-state index contributed by atoms with van der Waals surface area (Å²) in [5, 5.41) is 12.3. The van der Waals surface area contributed by atoms with Crippen LogP contribution in [0.5, 0.6) is 5.75 Å². The van der Waals surface area contributed by atoms with Crippen molar-refractivity contribution in [3.05, 3.63) is 55.4 Å². The van der Waals surface area contributed by atoms with Crippen LogP contribution < -0.4 is 5.32 Å². The van der Waals surface area contributed by atoms with E-state index in [4.69, 9.17) is 11.6 Å². The summed E-state index contributed by atoms with van der Waals surface area (Å²) in [6.07, 6.45) is 0. The molecule has 0 atom stereocenters. The zero-order chi connectivity index (χ0) is 14.9. The molecule has 2 aromatic carbocycles. The van der Waals surface area contributed by atoms with Gasteiger partial charge in [0.05, 0.1) is 10.7 Å². The number of hydrogen-bond acceptors (Lipinski definition) is 2. The van der Waals surface area contributed by atoms with E-state index in [9.17, 15) is 9.90 Å². The summed E-state index contributed by atoms with van der Waals surface area (Å²) in [5.74, 6) is -0.363. The lowest BCUT2D eigenvalue weighted by Crippen LogP contribution is -2.12. The highest BCUT2D eigenvalue weighted by Gasteiger charge is 2.13. The number of amides is 1. The van der Waals surface area contributed by atoms with Crippen LogP contribution in [0.2, 0.25) is 5.02 Å². The molecule has 104 valence electrons. The fourth-order valence-electron chi connectivity index (χ4n) is 1.65. The number of nitrogens with one attached hydrogen (secondary N) is 1. The van der Waals surface area contributed by atoms with E-state index in [1.165, 1.54) is 18.2 Å². The van der Waals surface area contributed by atoms with Crippen LogP contribution in [-0.4, -0.2) is 11.0 Å². The lowest BCUT2D eigenvalue weighted by atomic mass is 10.2. The van der Waals surface area contributed by atoms with E-state index in [1.54, 1.807) is 0 Å². The topological polar surface area (TPSA) is 49.3 Å². The number of carbonyl (C=O) groups is 1. The number of phenols is 1. The summed E-state index contributed by atoms with van der Waals surface area (Å²) in [4.78, 5) is 12.2.